The van der Waals surface area contributed by atoms with Gasteiger partial charge in [-0.05, 0) is 49.8 Å². The summed E-state index contributed by atoms with van der Waals surface area (Å²) >= 11 is 0. The molecule has 2 atom stereocenters. The SMILES string of the molecule is COc1ccccc1CC(CN)CC1CCCO1. The van der Waals surface area contributed by atoms with Crippen molar-refractivity contribution in [1.82, 2.24) is 0 Å². The van der Waals surface area contributed by atoms with Crippen LogP contribution in [0.15, 0.2) is 24.3 Å². The quantitative estimate of drug-likeness (QED) is 0.842. The van der Waals surface area contributed by atoms with E-state index in [2.05, 4.69) is 12.1 Å². The maximum atomic E-state index is 5.89. The summed E-state index contributed by atoms with van der Waals surface area (Å²) in [6, 6.07) is 8.18. The molecule has 2 rings (SSSR count). The Bertz CT molecular complexity index is 361. The summed E-state index contributed by atoms with van der Waals surface area (Å²) in [7, 11) is 1.72. The summed E-state index contributed by atoms with van der Waals surface area (Å²) in [5.74, 6) is 1.44. The Morgan fingerprint density at radius 3 is 2.94 bits per heavy atom. The second-order valence-corrected chi connectivity index (χ2v) is 4.99. The number of nitrogens with two attached hydrogens (primary N) is 1. The Hall–Kier alpha value is -1.06. The Balaban J connectivity index is 1.96. The molecule has 2 unspecified atom stereocenters. The number of hydrogen-bond donors (Lipinski definition) is 1. The third-order valence-electron chi connectivity index (χ3n) is 3.65. The van der Waals surface area contributed by atoms with Gasteiger partial charge >= 0.3 is 0 Å². The smallest absolute Gasteiger partial charge is 0.122 e. The van der Waals surface area contributed by atoms with E-state index >= 15 is 0 Å². The largest absolute Gasteiger partial charge is 0.496 e. The van der Waals surface area contributed by atoms with Crippen molar-refractivity contribution in [2.24, 2.45) is 11.7 Å². The highest BCUT2D eigenvalue weighted by atomic mass is 16.5. The molecule has 2 N–H and O–H groups in total. The summed E-state index contributed by atoms with van der Waals surface area (Å²) in [5.41, 5.74) is 7.14. The minimum absolute atomic E-state index is 0.410. The van der Waals surface area contributed by atoms with Gasteiger partial charge in [-0.2, -0.15) is 0 Å². The summed E-state index contributed by atoms with van der Waals surface area (Å²) in [4.78, 5) is 0. The van der Waals surface area contributed by atoms with E-state index < -0.39 is 0 Å². The summed E-state index contributed by atoms with van der Waals surface area (Å²) in [5, 5.41) is 0. The highest BCUT2D eigenvalue weighted by Gasteiger charge is 2.21. The molecule has 1 aromatic carbocycles. The molecule has 3 nitrogen and oxygen atoms in total. The van der Waals surface area contributed by atoms with Crippen LogP contribution in [0, 0.1) is 5.92 Å². The van der Waals surface area contributed by atoms with Crippen LogP contribution in [0.3, 0.4) is 0 Å². The predicted molar refractivity (Wildman–Crippen MR) is 72.8 cm³/mol. The van der Waals surface area contributed by atoms with Gasteiger partial charge in [0.1, 0.15) is 5.75 Å². The third kappa shape index (κ3) is 3.47. The van der Waals surface area contributed by atoms with Crippen LogP contribution in [0.1, 0.15) is 24.8 Å². The van der Waals surface area contributed by atoms with Crippen molar-refractivity contribution in [2.45, 2.75) is 31.8 Å². The molecule has 0 bridgehead atoms. The van der Waals surface area contributed by atoms with Crippen LogP contribution in [0.2, 0.25) is 0 Å². The number of benzene rings is 1. The molecule has 18 heavy (non-hydrogen) atoms. The predicted octanol–water partition coefficient (Wildman–Crippen LogP) is 2.38. The van der Waals surface area contributed by atoms with Crippen LogP contribution in [-0.4, -0.2) is 26.4 Å². The van der Waals surface area contributed by atoms with Gasteiger partial charge in [0.05, 0.1) is 13.2 Å². The van der Waals surface area contributed by atoms with Crippen LogP contribution in [0.25, 0.3) is 0 Å². The number of hydrogen-bond acceptors (Lipinski definition) is 3. The molecular weight excluding hydrogens is 226 g/mol. The molecule has 1 aliphatic heterocycles. The van der Waals surface area contributed by atoms with Gasteiger partial charge in [0.25, 0.3) is 0 Å². The lowest BCUT2D eigenvalue weighted by atomic mass is 9.92. The Kier molecular flexibility index (Phi) is 5.02. The first-order chi connectivity index (χ1) is 8.83. The van der Waals surface area contributed by atoms with Gasteiger partial charge in [-0.15, -0.1) is 0 Å². The summed E-state index contributed by atoms with van der Waals surface area (Å²) < 4.78 is 11.1. The zero-order valence-corrected chi connectivity index (χ0v) is 11.1. The van der Waals surface area contributed by atoms with Crippen molar-refractivity contribution in [3.8, 4) is 5.75 Å². The number of para-hydroxylation sites is 1. The molecule has 0 saturated carbocycles. The number of ether oxygens (including phenoxy) is 2. The van der Waals surface area contributed by atoms with Crippen LogP contribution in [-0.2, 0) is 11.2 Å². The van der Waals surface area contributed by atoms with E-state index in [4.69, 9.17) is 15.2 Å². The zero-order valence-electron chi connectivity index (χ0n) is 11.1. The first-order valence-corrected chi connectivity index (χ1v) is 6.77. The molecule has 1 fully saturated rings. The fourth-order valence-corrected chi connectivity index (χ4v) is 2.65. The fourth-order valence-electron chi connectivity index (χ4n) is 2.65. The summed E-state index contributed by atoms with van der Waals surface area (Å²) in [6.07, 6.45) is 4.82. The van der Waals surface area contributed by atoms with E-state index in [1.165, 1.54) is 18.4 Å². The highest BCUT2D eigenvalue weighted by molar-refractivity contribution is 5.33. The molecule has 1 heterocycles. The van der Waals surface area contributed by atoms with Gasteiger partial charge in [0.2, 0.25) is 0 Å². The molecular formula is C15H23NO2. The third-order valence-corrected chi connectivity index (χ3v) is 3.65. The minimum Gasteiger partial charge on any atom is -0.496 e. The Morgan fingerprint density at radius 1 is 1.44 bits per heavy atom. The van der Waals surface area contributed by atoms with Gasteiger partial charge in [0, 0.05) is 6.61 Å². The highest BCUT2D eigenvalue weighted by Crippen LogP contribution is 2.25. The van der Waals surface area contributed by atoms with Crippen LogP contribution in [0.5, 0.6) is 5.75 Å². The summed E-state index contributed by atoms with van der Waals surface area (Å²) in [6.45, 7) is 1.62. The van der Waals surface area contributed by atoms with E-state index in [-0.39, 0.29) is 0 Å². The van der Waals surface area contributed by atoms with Crippen molar-refractivity contribution in [2.75, 3.05) is 20.3 Å². The zero-order chi connectivity index (χ0) is 12.8. The van der Waals surface area contributed by atoms with Crippen molar-refractivity contribution in [3.63, 3.8) is 0 Å². The molecule has 0 aromatic heterocycles. The fraction of sp³-hybridized carbons (Fsp3) is 0.600. The van der Waals surface area contributed by atoms with Crippen molar-refractivity contribution in [1.29, 1.82) is 0 Å². The van der Waals surface area contributed by atoms with Gasteiger partial charge in [-0.3, -0.25) is 0 Å². The van der Waals surface area contributed by atoms with E-state index in [0.717, 1.165) is 25.2 Å². The van der Waals surface area contributed by atoms with E-state index in [9.17, 15) is 0 Å². The normalized spacial score (nSPS) is 20.9. The van der Waals surface area contributed by atoms with Gasteiger partial charge in [-0.1, -0.05) is 18.2 Å². The molecule has 1 saturated heterocycles. The van der Waals surface area contributed by atoms with E-state index in [0.29, 0.717) is 18.6 Å². The molecule has 3 heteroatoms. The average molecular weight is 249 g/mol. The maximum absolute atomic E-state index is 5.89. The molecule has 1 aliphatic rings. The number of methoxy groups -OCH3 is 1. The minimum atomic E-state index is 0.410. The standard InChI is InChI=1S/C15H23NO2/c1-17-15-7-3-2-5-13(15)9-12(11-16)10-14-6-4-8-18-14/h2-3,5,7,12,14H,4,6,8-11,16H2,1H3. The van der Waals surface area contributed by atoms with Crippen LogP contribution in [0.4, 0.5) is 0 Å². The maximum Gasteiger partial charge on any atom is 0.122 e. The van der Waals surface area contributed by atoms with Crippen LogP contribution >= 0.6 is 0 Å². The lowest BCUT2D eigenvalue weighted by Gasteiger charge is -2.19. The van der Waals surface area contributed by atoms with Crippen molar-refractivity contribution < 1.29 is 9.47 Å². The lowest BCUT2D eigenvalue weighted by molar-refractivity contribution is 0.0904. The Labute approximate surface area is 109 Å². The number of rotatable bonds is 6. The topological polar surface area (TPSA) is 44.5 Å². The monoisotopic (exact) mass is 249 g/mol. The first-order valence-electron chi connectivity index (χ1n) is 6.77. The lowest BCUT2D eigenvalue weighted by Crippen LogP contribution is -2.22. The molecule has 0 aliphatic carbocycles. The van der Waals surface area contributed by atoms with E-state index in [1.807, 2.05) is 12.1 Å². The molecule has 0 radical (unpaired) electrons. The van der Waals surface area contributed by atoms with Crippen LogP contribution < -0.4 is 10.5 Å². The first kappa shape index (κ1) is 13.4. The molecule has 0 spiro atoms. The average Bonchev–Trinajstić information content (AvgIpc) is 2.91. The molecule has 1 aromatic rings. The van der Waals surface area contributed by atoms with E-state index in [1.54, 1.807) is 7.11 Å². The second-order valence-electron chi connectivity index (χ2n) is 4.99. The van der Waals surface area contributed by atoms with Gasteiger partial charge in [-0.25, -0.2) is 0 Å². The molecule has 0 amide bonds. The van der Waals surface area contributed by atoms with Crippen molar-refractivity contribution in [3.05, 3.63) is 29.8 Å². The molecule has 100 valence electrons. The Morgan fingerprint density at radius 2 is 2.28 bits per heavy atom. The van der Waals surface area contributed by atoms with Gasteiger partial charge < -0.3 is 15.2 Å². The van der Waals surface area contributed by atoms with Gasteiger partial charge in [0.15, 0.2) is 0 Å². The second kappa shape index (κ2) is 6.76. The van der Waals surface area contributed by atoms with Crippen molar-refractivity contribution >= 4 is 0 Å².